The van der Waals surface area contributed by atoms with Gasteiger partial charge in [0.15, 0.2) is 0 Å². The largest absolute Gasteiger partial charge is 0.469 e. The molecule has 0 heterocycles. The average Bonchev–Trinajstić information content (AvgIpc) is 2.68. The first-order chi connectivity index (χ1) is 14.0. The zero-order valence-electron chi connectivity index (χ0n) is 18.7. The van der Waals surface area contributed by atoms with Crippen molar-refractivity contribution in [2.45, 2.75) is 103 Å². The molecule has 6 nitrogen and oxygen atoms in total. The second-order valence-corrected chi connectivity index (χ2v) is 8.90. The Kier molecular flexibility index (Phi) is 20.9. The standard InChI is InChI=1S/C22H45O6P/c1-3-4-5-6-7-8-9-10-11-12-13-14-15-16-17-18-19-27-20-22(26-2)21-28-29(23,24)25/h10-11,22H,3-9,12-21H2,1-2H3,(H2,23,24,25). The number of rotatable bonds is 22. The second-order valence-electron chi connectivity index (χ2n) is 7.66. The van der Waals surface area contributed by atoms with E-state index in [1.807, 2.05) is 0 Å². The van der Waals surface area contributed by atoms with Crippen molar-refractivity contribution in [3.63, 3.8) is 0 Å². The van der Waals surface area contributed by atoms with E-state index >= 15 is 0 Å². The Balaban J connectivity index is 3.30. The van der Waals surface area contributed by atoms with Crippen LogP contribution in [0.2, 0.25) is 0 Å². The Morgan fingerprint density at radius 3 is 1.83 bits per heavy atom. The molecule has 0 radical (unpaired) electrons. The van der Waals surface area contributed by atoms with Gasteiger partial charge in [0, 0.05) is 13.7 Å². The first-order valence-electron chi connectivity index (χ1n) is 11.4. The number of hydrogen-bond acceptors (Lipinski definition) is 4. The molecular formula is C22H45O6P. The van der Waals surface area contributed by atoms with Crippen LogP contribution in [0.15, 0.2) is 12.2 Å². The van der Waals surface area contributed by atoms with Crippen LogP contribution in [-0.2, 0) is 18.6 Å². The van der Waals surface area contributed by atoms with Crippen molar-refractivity contribution in [2.75, 3.05) is 26.9 Å². The van der Waals surface area contributed by atoms with Crippen molar-refractivity contribution in [3.8, 4) is 0 Å². The molecule has 0 saturated heterocycles. The molecule has 0 aliphatic heterocycles. The minimum atomic E-state index is -4.45. The third-order valence-electron chi connectivity index (χ3n) is 4.87. The minimum absolute atomic E-state index is 0.172. The molecule has 7 heteroatoms. The predicted octanol–water partition coefficient (Wildman–Crippen LogP) is 6.16. The van der Waals surface area contributed by atoms with Crippen molar-refractivity contribution in [1.82, 2.24) is 0 Å². The highest BCUT2D eigenvalue weighted by Gasteiger charge is 2.18. The summed E-state index contributed by atoms with van der Waals surface area (Å²) in [6, 6.07) is 0. The summed E-state index contributed by atoms with van der Waals surface area (Å²) in [6.07, 6.45) is 22.1. The van der Waals surface area contributed by atoms with Gasteiger partial charge in [0.05, 0.1) is 13.2 Å². The van der Waals surface area contributed by atoms with Gasteiger partial charge in [-0.3, -0.25) is 4.52 Å². The SMILES string of the molecule is CCCCCCCCC=CCCCCCCCCOCC(COP(=O)(O)O)OC. The summed E-state index contributed by atoms with van der Waals surface area (Å²) in [4.78, 5) is 17.4. The van der Waals surface area contributed by atoms with Gasteiger partial charge in [-0.15, -0.1) is 0 Å². The maximum absolute atomic E-state index is 10.7. The van der Waals surface area contributed by atoms with Gasteiger partial charge in [0.25, 0.3) is 0 Å². The second kappa shape index (κ2) is 21.0. The number of hydrogen-bond donors (Lipinski definition) is 2. The summed E-state index contributed by atoms with van der Waals surface area (Å²) in [7, 11) is -2.98. The number of allylic oxidation sites excluding steroid dienone is 2. The molecule has 0 aromatic heterocycles. The molecule has 0 rings (SSSR count). The molecule has 0 aliphatic carbocycles. The number of ether oxygens (including phenoxy) is 2. The topological polar surface area (TPSA) is 85.2 Å². The molecule has 0 fully saturated rings. The zero-order chi connectivity index (χ0) is 21.6. The van der Waals surface area contributed by atoms with Crippen molar-refractivity contribution >= 4 is 7.82 Å². The van der Waals surface area contributed by atoms with E-state index in [0.717, 1.165) is 12.8 Å². The Hall–Kier alpha value is -0.230. The molecule has 1 atom stereocenters. The molecule has 29 heavy (non-hydrogen) atoms. The van der Waals surface area contributed by atoms with Crippen LogP contribution in [0, 0.1) is 0 Å². The quantitative estimate of drug-likeness (QED) is 0.120. The molecule has 0 saturated carbocycles. The Bertz CT molecular complexity index is 410. The fraction of sp³-hybridized carbons (Fsp3) is 0.909. The molecule has 0 spiro atoms. The van der Waals surface area contributed by atoms with Crippen molar-refractivity contribution in [3.05, 3.63) is 12.2 Å². The van der Waals surface area contributed by atoms with E-state index in [0.29, 0.717) is 6.61 Å². The van der Waals surface area contributed by atoms with Gasteiger partial charge in [0.2, 0.25) is 0 Å². The summed E-state index contributed by atoms with van der Waals surface area (Å²) in [5, 5.41) is 0. The maximum atomic E-state index is 10.7. The third-order valence-corrected chi connectivity index (χ3v) is 5.35. The van der Waals surface area contributed by atoms with Gasteiger partial charge in [-0.05, 0) is 32.1 Å². The smallest absolute Gasteiger partial charge is 0.379 e. The van der Waals surface area contributed by atoms with E-state index in [1.54, 1.807) is 0 Å². The predicted molar refractivity (Wildman–Crippen MR) is 119 cm³/mol. The lowest BCUT2D eigenvalue weighted by Gasteiger charge is -2.16. The maximum Gasteiger partial charge on any atom is 0.469 e. The third kappa shape index (κ3) is 23.9. The van der Waals surface area contributed by atoms with Crippen LogP contribution >= 0.6 is 7.82 Å². The van der Waals surface area contributed by atoms with Gasteiger partial charge < -0.3 is 19.3 Å². The van der Waals surface area contributed by atoms with Crippen LogP contribution in [-0.4, -0.2) is 42.8 Å². The fourth-order valence-corrected chi connectivity index (χ4v) is 3.39. The molecule has 0 aromatic carbocycles. The molecule has 0 amide bonds. The molecule has 2 N–H and O–H groups in total. The van der Waals surface area contributed by atoms with E-state index in [9.17, 15) is 4.57 Å². The van der Waals surface area contributed by atoms with Crippen LogP contribution in [0.1, 0.15) is 96.8 Å². The lowest BCUT2D eigenvalue weighted by atomic mass is 10.1. The monoisotopic (exact) mass is 436 g/mol. The number of phosphoric ester groups is 1. The van der Waals surface area contributed by atoms with E-state index in [1.165, 1.54) is 84.2 Å². The highest BCUT2D eigenvalue weighted by atomic mass is 31.2. The van der Waals surface area contributed by atoms with Crippen LogP contribution in [0.3, 0.4) is 0 Å². The summed E-state index contributed by atoms with van der Waals surface area (Å²) in [5.74, 6) is 0. The molecule has 0 bridgehead atoms. The molecular weight excluding hydrogens is 391 g/mol. The summed E-state index contributed by atoms with van der Waals surface area (Å²) >= 11 is 0. The number of phosphoric acid groups is 1. The van der Waals surface area contributed by atoms with Crippen molar-refractivity contribution < 1.29 is 28.3 Å². The highest BCUT2D eigenvalue weighted by molar-refractivity contribution is 7.46. The van der Waals surface area contributed by atoms with Gasteiger partial charge >= 0.3 is 7.82 Å². The van der Waals surface area contributed by atoms with Gasteiger partial charge in [-0.25, -0.2) is 4.57 Å². The highest BCUT2D eigenvalue weighted by Crippen LogP contribution is 2.35. The lowest BCUT2D eigenvalue weighted by Crippen LogP contribution is -2.24. The van der Waals surface area contributed by atoms with Crippen molar-refractivity contribution in [1.29, 1.82) is 0 Å². The molecule has 0 aromatic rings. The number of unbranched alkanes of at least 4 members (excludes halogenated alkanes) is 12. The van der Waals surface area contributed by atoms with Crippen LogP contribution in [0.25, 0.3) is 0 Å². The van der Waals surface area contributed by atoms with Crippen LogP contribution < -0.4 is 0 Å². The van der Waals surface area contributed by atoms with Gasteiger partial charge in [-0.2, -0.15) is 0 Å². The van der Waals surface area contributed by atoms with Gasteiger partial charge in [0.1, 0.15) is 6.10 Å². The summed E-state index contributed by atoms with van der Waals surface area (Å²) < 4.78 is 25.7. The lowest BCUT2D eigenvalue weighted by molar-refractivity contribution is -0.0201. The van der Waals surface area contributed by atoms with E-state index < -0.39 is 13.9 Å². The van der Waals surface area contributed by atoms with E-state index in [-0.39, 0.29) is 13.2 Å². The van der Waals surface area contributed by atoms with Crippen molar-refractivity contribution in [2.24, 2.45) is 0 Å². The van der Waals surface area contributed by atoms with Crippen LogP contribution in [0.5, 0.6) is 0 Å². The Morgan fingerprint density at radius 1 is 0.793 bits per heavy atom. The molecule has 0 aliphatic rings. The van der Waals surface area contributed by atoms with Crippen LogP contribution in [0.4, 0.5) is 0 Å². The molecule has 174 valence electrons. The summed E-state index contributed by atoms with van der Waals surface area (Å²) in [6.45, 7) is 3.00. The van der Waals surface area contributed by atoms with E-state index in [2.05, 4.69) is 23.6 Å². The number of methoxy groups -OCH3 is 1. The first-order valence-corrected chi connectivity index (χ1v) is 13.0. The average molecular weight is 437 g/mol. The van der Waals surface area contributed by atoms with E-state index in [4.69, 9.17) is 19.3 Å². The summed E-state index contributed by atoms with van der Waals surface area (Å²) in [5.41, 5.74) is 0. The molecule has 1 unspecified atom stereocenters. The Labute approximate surface area is 178 Å². The minimum Gasteiger partial charge on any atom is -0.379 e. The van der Waals surface area contributed by atoms with Gasteiger partial charge in [-0.1, -0.05) is 76.9 Å². The first kappa shape index (κ1) is 28.8. The fourth-order valence-electron chi connectivity index (χ4n) is 3.03. The zero-order valence-corrected chi connectivity index (χ0v) is 19.6. The normalized spacial score (nSPS) is 13.4. The Morgan fingerprint density at radius 2 is 1.31 bits per heavy atom.